The first-order chi connectivity index (χ1) is 5.75. The van der Waals surface area contributed by atoms with Crippen LogP contribution in [0.1, 0.15) is 45.4 Å². The third-order valence-electron chi connectivity index (χ3n) is 2.96. The van der Waals surface area contributed by atoms with E-state index in [2.05, 4.69) is 0 Å². The molecule has 0 aromatic carbocycles. The minimum atomic E-state index is -0.843. The summed E-state index contributed by atoms with van der Waals surface area (Å²) >= 11 is 0. The Morgan fingerprint density at radius 1 is 1.38 bits per heavy atom. The van der Waals surface area contributed by atoms with Gasteiger partial charge in [-0.05, 0) is 25.2 Å². The molecule has 2 nitrogen and oxygen atoms in total. The molecule has 13 heavy (non-hydrogen) atoms. The van der Waals surface area contributed by atoms with Crippen LogP contribution < -0.4 is 63.3 Å². The van der Waals surface area contributed by atoms with Gasteiger partial charge in [0.2, 0.25) is 0 Å². The molecule has 0 bridgehead atoms. The number of hydrogen-bond donors (Lipinski definition) is 0. The van der Waals surface area contributed by atoms with Gasteiger partial charge in [0.25, 0.3) is 0 Å². The maximum absolute atomic E-state index is 10.7. The van der Waals surface area contributed by atoms with Gasteiger partial charge in [0.05, 0.1) is 0 Å². The average Bonchev–Trinajstić information content (AvgIpc) is 2.07. The molecule has 3 heteroatoms. The number of carbonyl (C=O) groups excluding carboxylic acids is 1. The topological polar surface area (TPSA) is 40.1 Å². The molecular formula is C10H17O2Rb. The van der Waals surface area contributed by atoms with Crippen molar-refractivity contribution in [1.82, 2.24) is 0 Å². The first-order valence-electron chi connectivity index (χ1n) is 4.96. The first-order valence-corrected chi connectivity index (χ1v) is 4.96. The SMILES string of the molecule is CCC(C(=O)[O-])C1CCCCC1.[Rb+]. The van der Waals surface area contributed by atoms with Gasteiger partial charge in [-0.3, -0.25) is 0 Å². The van der Waals surface area contributed by atoms with Crippen LogP contribution in [0.25, 0.3) is 0 Å². The third kappa shape index (κ3) is 4.54. The van der Waals surface area contributed by atoms with Crippen molar-refractivity contribution in [2.24, 2.45) is 11.8 Å². The van der Waals surface area contributed by atoms with E-state index in [1.54, 1.807) is 0 Å². The molecule has 1 aliphatic carbocycles. The molecule has 1 fully saturated rings. The van der Waals surface area contributed by atoms with Gasteiger partial charge >= 0.3 is 58.2 Å². The second-order valence-corrected chi connectivity index (χ2v) is 3.73. The van der Waals surface area contributed by atoms with Crippen molar-refractivity contribution in [2.75, 3.05) is 0 Å². The average molecular weight is 255 g/mol. The molecule has 1 saturated carbocycles. The second kappa shape index (κ2) is 7.55. The quantitative estimate of drug-likeness (QED) is 0.605. The fourth-order valence-electron chi connectivity index (χ4n) is 2.23. The third-order valence-corrected chi connectivity index (χ3v) is 2.96. The number of aliphatic carboxylic acids is 1. The molecule has 0 amide bonds. The zero-order chi connectivity index (χ0) is 8.97. The standard InChI is InChI=1S/C10H18O2.Rb/c1-2-9(10(11)12)8-6-4-3-5-7-8;/h8-9H,2-7H2,1H3,(H,11,12);/q;+1/p-1. The maximum atomic E-state index is 10.7. The van der Waals surface area contributed by atoms with E-state index in [1.807, 2.05) is 6.92 Å². The summed E-state index contributed by atoms with van der Waals surface area (Å²) in [4.78, 5) is 10.7. The molecule has 1 unspecified atom stereocenters. The molecule has 1 atom stereocenters. The van der Waals surface area contributed by atoms with Crippen LogP contribution in [0.4, 0.5) is 0 Å². The minimum absolute atomic E-state index is 0. The number of carboxylic acid groups (broad SMARTS) is 1. The Labute approximate surface area is 129 Å². The van der Waals surface area contributed by atoms with E-state index in [0.717, 1.165) is 19.3 Å². The number of carboxylic acids is 1. The van der Waals surface area contributed by atoms with Crippen molar-refractivity contribution in [3.63, 3.8) is 0 Å². The van der Waals surface area contributed by atoms with E-state index in [9.17, 15) is 9.90 Å². The molecule has 0 aromatic heterocycles. The molecule has 0 N–H and O–H groups in total. The molecule has 0 saturated heterocycles. The van der Waals surface area contributed by atoms with Gasteiger partial charge in [0.15, 0.2) is 0 Å². The Morgan fingerprint density at radius 3 is 2.31 bits per heavy atom. The Balaban J connectivity index is 0.00000144. The van der Waals surface area contributed by atoms with Crippen LogP contribution >= 0.6 is 0 Å². The molecule has 70 valence electrons. The zero-order valence-electron chi connectivity index (χ0n) is 8.71. The van der Waals surface area contributed by atoms with Gasteiger partial charge in [-0.1, -0.05) is 26.2 Å². The summed E-state index contributed by atoms with van der Waals surface area (Å²) in [6.07, 6.45) is 6.59. The van der Waals surface area contributed by atoms with Crippen molar-refractivity contribution in [2.45, 2.75) is 45.4 Å². The normalized spacial score (nSPS) is 20.4. The molecule has 1 rings (SSSR count). The Bertz CT molecular complexity index is 153. The van der Waals surface area contributed by atoms with E-state index >= 15 is 0 Å². The van der Waals surface area contributed by atoms with Crippen LogP contribution in [-0.4, -0.2) is 5.97 Å². The predicted molar refractivity (Wildman–Crippen MR) is 45.4 cm³/mol. The number of rotatable bonds is 3. The molecule has 0 radical (unpaired) electrons. The summed E-state index contributed by atoms with van der Waals surface area (Å²) < 4.78 is 0. The summed E-state index contributed by atoms with van der Waals surface area (Å²) in [7, 11) is 0. The van der Waals surface area contributed by atoms with Crippen LogP contribution in [0.15, 0.2) is 0 Å². The van der Waals surface area contributed by atoms with Crippen molar-refractivity contribution >= 4 is 5.97 Å². The molecule has 0 aliphatic heterocycles. The van der Waals surface area contributed by atoms with Crippen LogP contribution in [0.2, 0.25) is 0 Å². The van der Waals surface area contributed by atoms with Crippen molar-refractivity contribution in [1.29, 1.82) is 0 Å². The number of carbonyl (C=O) groups is 1. The van der Waals surface area contributed by atoms with Crippen molar-refractivity contribution in [3.05, 3.63) is 0 Å². The summed E-state index contributed by atoms with van der Waals surface area (Å²) in [5.74, 6) is -0.636. The fourth-order valence-corrected chi connectivity index (χ4v) is 2.23. The molecule has 1 aliphatic rings. The monoisotopic (exact) mass is 254 g/mol. The smallest absolute Gasteiger partial charge is 0.550 e. The van der Waals surface area contributed by atoms with Gasteiger partial charge in [-0.15, -0.1) is 0 Å². The number of hydrogen-bond acceptors (Lipinski definition) is 2. The second-order valence-electron chi connectivity index (χ2n) is 3.73. The van der Waals surface area contributed by atoms with E-state index < -0.39 is 5.97 Å². The summed E-state index contributed by atoms with van der Waals surface area (Å²) in [5.41, 5.74) is 0. The Hall–Kier alpha value is 1.28. The van der Waals surface area contributed by atoms with Gasteiger partial charge in [0.1, 0.15) is 0 Å². The van der Waals surface area contributed by atoms with Crippen LogP contribution in [0.3, 0.4) is 0 Å². The molecule has 0 spiro atoms. The zero-order valence-corrected chi connectivity index (χ0v) is 13.6. The van der Waals surface area contributed by atoms with Crippen molar-refractivity contribution in [3.8, 4) is 0 Å². The van der Waals surface area contributed by atoms with E-state index in [-0.39, 0.29) is 64.1 Å². The van der Waals surface area contributed by atoms with Crippen molar-refractivity contribution < 1.29 is 68.1 Å². The maximum Gasteiger partial charge on any atom is 1.00 e. The predicted octanol–water partition coefficient (Wildman–Crippen LogP) is -1.65. The molecular weight excluding hydrogens is 238 g/mol. The van der Waals surface area contributed by atoms with Gasteiger partial charge in [-0.2, -0.15) is 0 Å². The Morgan fingerprint density at radius 2 is 1.92 bits per heavy atom. The molecule has 0 aromatic rings. The van der Waals surface area contributed by atoms with Crippen LogP contribution in [0.5, 0.6) is 0 Å². The van der Waals surface area contributed by atoms with Crippen LogP contribution in [-0.2, 0) is 4.79 Å². The summed E-state index contributed by atoms with van der Waals surface area (Å²) in [6.45, 7) is 1.94. The van der Waals surface area contributed by atoms with Gasteiger partial charge < -0.3 is 9.90 Å². The van der Waals surface area contributed by atoms with Gasteiger partial charge in [-0.25, -0.2) is 0 Å². The van der Waals surface area contributed by atoms with Gasteiger partial charge in [0, 0.05) is 11.9 Å². The summed E-state index contributed by atoms with van der Waals surface area (Å²) in [6, 6.07) is 0. The van der Waals surface area contributed by atoms with Crippen LogP contribution in [0, 0.1) is 11.8 Å². The minimum Gasteiger partial charge on any atom is -0.550 e. The largest absolute Gasteiger partial charge is 1.00 e. The first kappa shape index (κ1) is 14.3. The van der Waals surface area contributed by atoms with E-state index in [1.165, 1.54) is 19.3 Å². The fraction of sp³-hybridized carbons (Fsp3) is 0.900. The van der Waals surface area contributed by atoms with E-state index in [4.69, 9.17) is 0 Å². The summed E-state index contributed by atoms with van der Waals surface area (Å²) in [5, 5.41) is 10.7. The molecule has 0 heterocycles. The Kier molecular flexibility index (Phi) is 8.29. The van der Waals surface area contributed by atoms with E-state index in [0.29, 0.717) is 5.92 Å².